The van der Waals surface area contributed by atoms with E-state index >= 15 is 0 Å². The standard InChI is InChI=1S/C16H22Cl2N2O.C4H4O4/c1-4-16(21)20(11-8-9-12(17)13(18)10-11)15-7-5-6-14(15)19(2)3;5-3(6)1-2-4(7)8/h8-10,14-15H,4-7H2,1-3H3;1-2H,(H,5,6)(H,7,8)/t14-,15-;/m1./s1. The summed E-state index contributed by atoms with van der Waals surface area (Å²) in [6.07, 6.45) is 4.88. The number of halogens is 2. The van der Waals surface area contributed by atoms with Crippen LogP contribution in [0.25, 0.3) is 0 Å². The molecule has 0 spiro atoms. The maximum atomic E-state index is 12.5. The molecule has 1 amide bonds. The van der Waals surface area contributed by atoms with Gasteiger partial charge in [-0.25, -0.2) is 9.59 Å². The number of likely N-dealkylation sites (N-methyl/N-ethyl adjacent to an activating group) is 1. The molecule has 1 aliphatic rings. The van der Waals surface area contributed by atoms with Crippen molar-refractivity contribution in [1.82, 2.24) is 4.90 Å². The third-order valence-corrected chi connectivity index (χ3v) is 5.30. The molecule has 2 rings (SSSR count). The molecule has 1 aromatic carbocycles. The van der Waals surface area contributed by atoms with E-state index in [1.165, 1.54) is 0 Å². The van der Waals surface area contributed by atoms with E-state index in [0.29, 0.717) is 34.7 Å². The predicted molar refractivity (Wildman–Crippen MR) is 114 cm³/mol. The molecule has 1 aromatic rings. The fourth-order valence-electron chi connectivity index (χ4n) is 3.29. The van der Waals surface area contributed by atoms with E-state index in [0.717, 1.165) is 24.9 Å². The maximum Gasteiger partial charge on any atom is 0.328 e. The van der Waals surface area contributed by atoms with Crippen LogP contribution in [0.15, 0.2) is 30.4 Å². The lowest BCUT2D eigenvalue weighted by Crippen LogP contribution is -2.49. The summed E-state index contributed by atoms with van der Waals surface area (Å²) in [7, 11) is 4.15. The molecule has 160 valence electrons. The normalized spacial score (nSPS) is 18.4. The molecule has 2 N–H and O–H groups in total. The Labute approximate surface area is 180 Å². The number of rotatable bonds is 6. The van der Waals surface area contributed by atoms with Crippen molar-refractivity contribution in [2.75, 3.05) is 19.0 Å². The van der Waals surface area contributed by atoms with Gasteiger partial charge >= 0.3 is 11.9 Å². The van der Waals surface area contributed by atoms with Crippen molar-refractivity contribution in [2.24, 2.45) is 0 Å². The highest BCUT2D eigenvalue weighted by Crippen LogP contribution is 2.34. The van der Waals surface area contributed by atoms with Crippen LogP contribution in [0.1, 0.15) is 32.6 Å². The smallest absolute Gasteiger partial charge is 0.328 e. The van der Waals surface area contributed by atoms with E-state index in [1.807, 2.05) is 17.9 Å². The monoisotopic (exact) mass is 444 g/mol. The Balaban J connectivity index is 0.000000447. The van der Waals surface area contributed by atoms with Crippen LogP contribution in [0.5, 0.6) is 0 Å². The average molecular weight is 445 g/mol. The van der Waals surface area contributed by atoms with Crippen molar-refractivity contribution in [1.29, 1.82) is 0 Å². The summed E-state index contributed by atoms with van der Waals surface area (Å²) in [6, 6.07) is 6.02. The third kappa shape index (κ3) is 7.68. The van der Waals surface area contributed by atoms with E-state index in [4.69, 9.17) is 33.4 Å². The van der Waals surface area contributed by atoms with Gasteiger partial charge in [0, 0.05) is 30.3 Å². The van der Waals surface area contributed by atoms with Gasteiger partial charge in [-0.15, -0.1) is 0 Å². The van der Waals surface area contributed by atoms with Crippen LogP contribution >= 0.6 is 23.2 Å². The highest BCUT2D eigenvalue weighted by Gasteiger charge is 2.36. The number of carbonyl (C=O) groups excluding carboxylic acids is 1. The lowest BCUT2D eigenvalue weighted by atomic mass is 10.1. The molecule has 0 unspecified atom stereocenters. The second-order valence-corrected chi connectivity index (χ2v) is 7.57. The fraction of sp³-hybridized carbons (Fsp3) is 0.450. The van der Waals surface area contributed by atoms with E-state index < -0.39 is 11.9 Å². The number of anilines is 1. The molecule has 29 heavy (non-hydrogen) atoms. The Hall–Kier alpha value is -2.09. The van der Waals surface area contributed by atoms with Crippen LogP contribution in [-0.4, -0.2) is 59.1 Å². The largest absolute Gasteiger partial charge is 0.478 e. The minimum atomic E-state index is -1.26. The minimum Gasteiger partial charge on any atom is -0.478 e. The Kier molecular flexibility index (Phi) is 10.2. The summed E-state index contributed by atoms with van der Waals surface area (Å²) in [6.45, 7) is 1.90. The number of hydrogen-bond acceptors (Lipinski definition) is 4. The molecular formula is C20H26Cl2N2O5. The van der Waals surface area contributed by atoms with Gasteiger partial charge in [0.05, 0.1) is 16.1 Å². The first-order valence-electron chi connectivity index (χ1n) is 9.15. The summed E-state index contributed by atoms with van der Waals surface area (Å²) in [5.41, 5.74) is 0.843. The molecule has 0 saturated heterocycles. The molecule has 0 heterocycles. The predicted octanol–water partition coefficient (Wildman–Crippen LogP) is 3.93. The van der Waals surface area contributed by atoms with E-state index in [1.54, 1.807) is 12.1 Å². The van der Waals surface area contributed by atoms with Gasteiger partial charge in [0.1, 0.15) is 0 Å². The number of amides is 1. The van der Waals surface area contributed by atoms with Crippen molar-refractivity contribution in [3.05, 3.63) is 40.4 Å². The topological polar surface area (TPSA) is 98.2 Å². The second kappa shape index (κ2) is 11.8. The molecular weight excluding hydrogens is 419 g/mol. The van der Waals surface area contributed by atoms with Gasteiger partial charge in [0.15, 0.2) is 0 Å². The highest BCUT2D eigenvalue weighted by atomic mass is 35.5. The number of benzene rings is 1. The number of aliphatic carboxylic acids is 2. The Morgan fingerprint density at radius 2 is 1.59 bits per heavy atom. The SMILES string of the molecule is CCC(=O)N(c1ccc(Cl)c(Cl)c1)[C@@H]1CCC[C@H]1N(C)C.O=C(O)C=CC(=O)O. The number of carbonyl (C=O) groups is 3. The number of carboxylic acid groups (broad SMARTS) is 2. The number of carboxylic acids is 2. The molecule has 9 heteroatoms. The van der Waals surface area contributed by atoms with Gasteiger partial charge < -0.3 is 20.0 Å². The second-order valence-electron chi connectivity index (χ2n) is 6.75. The first kappa shape index (κ1) is 24.9. The minimum absolute atomic E-state index is 0.132. The molecule has 1 fully saturated rings. The zero-order valence-corrected chi connectivity index (χ0v) is 18.2. The zero-order valence-electron chi connectivity index (χ0n) is 16.6. The van der Waals surface area contributed by atoms with Crippen LogP contribution in [-0.2, 0) is 14.4 Å². The lowest BCUT2D eigenvalue weighted by molar-refractivity contribution is -0.134. The van der Waals surface area contributed by atoms with Crippen LogP contribution in [0.2, 0.25) is 10.0 Å². The fourth-order valence-corrected chi connectivity index (χ4v) is 3.58. The van der Waals surface area contributed by atoms with Crippen molar-refractivity contribution in [3.63, 3.8) is 0 Å². The zero-order chi connectivity index (χ0) is 22.1. The highest BCUT2D eigenvalue weighted by molar-refractivity contribution is 6.42. The Morgan fingerprint density at radius 1 is 1.03 bits per heavy atom. The summed E-state index contributed by atoms with van der Waals surface area (Å²) < 4.78 is 0. The quantitative estimate of drug-likeness (QED) is 0.644. The molecule has 0 aliphatic heterocycles. The maximum absolute atomic E-state index is 12.5. The first-order valence-corrected chi connectivity index (χ1v) is 9.91. The van der Waals surface area contributed by atoms with Gasteiger partial charge in [-0.2, -0.15) is 0 Å². The van der Waals surface area contributed by atoms with Crippen LogP contribution < -0.4 is 4.90 Å². The van der Waals surface area contributed by atoms with E-state index in [2.05, 4.69) is 19.0 Å². The number of nitrogens with zero attached hydrogens (tertiary/aromatic N) is 2. The Morgan fingerprint density at radius 3 is 2.03 bits per heavy atom. The van der Waals surface area contributed by atoms with Crippen LogP contribution in [0, 0.1) is 0 Å². The van der Waals surface area contributed by atoms with Gasteiger partial charge in [0.2, 0.25) is 5.91 Å². The Bertz CT molecular complexity index is 751. The van der Waals surface area contributed by atoms with Gasteiger partial charge in [0.25, 0.3) is 0 Å². The summed E-state index contributed by atoms with van der Waals surface area (Å²) in [5.74, 6) is -2.38. The summed E-state index contributed by atoms with van der Waals surface area (Å²) in [4.78, 5) is 35.7. The lowest BCUT2D eigenvalue weighted by Gasteiger charge is -2.36. The third-order valence-electron chi connectivity index (χ3n) is 4.56. The molecule has 0 radical (unpaired) electrons. The first-order chi connectivity index (χ1) is 13.6. The van der Waals surface area contributed by atoms with Crippen LogP contribution in [0.4, 0.5) is 5.69 Å². The summed E-state index contributed by atoms with van der Waals surface area (Å²) >= 11 is 12.1. The van der Waals surface area contributed by atoms with Gasteiger partial charge in [-0.1, -0.05) is 30.1 Å². The van der Waals surface area contributed by atoms with E-state index in [-0.39, 0.29) is 11.9 Å². The molecule has 1 aliphatic carbocycles. The van der Waals surface area contributed by atoms with Crippen LogP contribution in [0.3, 0.4) is 0 Å². The van der Waals surface area contributed by atoms with Crippen molar-refractivity contribution >= 4 is 46.7 Å². The molecule has 0 bridgehead atoms. The summed E-state index contributed by atoms with van der Waals surface area (Å²) in [5, 5.41) is 16.6. The van der Waals surface area contributed by atoms with Crippen molar-refractivity contribution in [3.8, 4) is 0 Å². The van der Waals surface area contributed by atoms with Gasteiger partial charge in [-0.05, 0) is 51.6 Å². The average Bonchev–Trinajstić information content (AvgIpc) is 3.13. The van der Waals surface area contributed by atoms with Gasteiger partial charge in [-0.3, -0.25) is 4.79 Å². The molecule has 7 nitrogen and oxygen atoms in total. The number of hydrogen-bond donors (Lipinski definition) is 2. The molecule has 1 saturated carbocycles. The van der Waals surface area contributed by atoms with Crippen molar-refractivity contribution in [2.45, 2.75) is 44.7 Å². The molecule has 2 atom stereocenters. The van der Waals surface area contributed by atoms with E-state index in [9.17, 15) is 14.4 Å². The molecule has 0 aromatic heterocycles. The van der Waals surface area contributed by atoms with Crippen molar-refractivity contribution < 1.29 is 24.6 Å².